The third-order valence-corrected chi connectivity index (χ3v) is 3.20. The van der Waals surface area contributed by atoms with Gasteiger partial charge in [-0.15, -0.1) is 0 Å². The van der Waals surface area contributed by atoms with Crippen molar-refractivity contribution < 1.29 is 8.81 Å². The molecular weight excluding hydrogens is 297 g/mol. The monoisotopic (exact) mass is 311 g/mol. The molecular formula is C14H15BrFNO. The van der Waals surface area contributed by atoms with Gasteiger partial charge in [0.2, 0.25) is 0 Å². The Kier molecular flexibility index (Phi) is 4.19. The highest BCUT2D eigenvalue weighted by molar-refractivity contribution is 9.10. The second-order valence-corrected chi connectivity index (χ2v) is 5.28. The third kappa shape index (κ3) is 3.21. The van der Waals surface area contributed by atoms with Crippen LogP contribution in [0.25, 0.3) is 11.3 Å². The Hall–Kier alpha value is -1.13. The fourth-order valence-corrected chi connectivity index (χ4v) is 2.16. The van der Waals surface area contributed by atoms with Crippen LogP contribution in [0.5, 0.6) is 0 Å². The summed E-state index contributed by atoms with van der Waals surface area (Å²) in [7, 11) is 0. The summed E-state index contributed by atoms with van der Waals surface area (Å²) in [6.45, 7) is 4.86. The molecule has 0 unspecified atom stereocenters. The minimum atomic E-state index is -0.265. The van der Waals surface area contributed by atoms with Crippen LogP contribution in [0, 0.1) is 5.82 Å². The van der Waals surface area contributed by atoms with Gasteiger partial charge in [0, 0.05) is 16.1 Å². The van der Waals surface area contributed by atoms with Crippen molar-refractivity contribution in [2.75, 3.05) is 0 Å². The van der Waals surface area contributed by atoms with Gasteiger partial charge < -0.3 is 9.73 Å². The van der Waals surface area contributed by atoms with E-state index in [1.54, 1.807) is 6.07 Å². The van der Waals surface area contributed by atoms with Gasteiger partial charge in [0.05, 0.1) is 6.54 Å². The van der Waals surface area contributed by atoms with E-state index in [9.17, 15) is 4.39 Å². The van der Waals surface area contributed by atoms with Crippen molar-refractivity contribution in [1.29, 1.82) is 0 Å². The van der Waals surface area contributed by atoms with Crippen molar-refractivity contribution >= 4 is 15.9 Å². The molecule has 2 rings (SSSR count). The second-order valence-electron chi connectivity index (χ2n) is 4.43. The Morgan fingerprint density at radius 3 is 2.72 bits per heavy atom. The normalized spacial score (nSPS) is 11.2. The van der Waals surface area contributed by atoms with Crippen molar-refractivity contribution in [3.63, 3.8) is 0 Å². The number of benzene rings is 1. The highest BCUT2D eigenvalue weighted by atomic mass is 79.9. The molecule has 0 aliphatic heterocycles. The summed E-state index contributed by atoms with van der Waals surface area (Å²) >= 11 is 3.34. The summed E-state index contributed by atoms with van der Waals surface area (Å²) < 4.78 is 19.4. The zero-order chi connectivity index (χ0) is 13.1. The summed E-state index contributed by atoms with van der Waals surface area (Å²) in [5.74, 6) is 1.34. The van der Waals surface area contributed by atoms with Crippen LogP contribution in [0.1, 0.15) is 19.6 Å². The molecule has 0 aliphatic rings. The number of rotatable bonds is 4. The number of halogens is 2. The Bertz CT molecular complexity index is 536. The van der Waals surface area contributed by atoms with Gasteiger partial charge in [-0.3, -0.25) is 0 Å². The fraction of sp³-hybridized carbons (Fsp3) is 0.286. The third-order valence-electron chi connectivity index (χ3n) is 2.54. The van der Waals surface area contributed by atoms with Gasteiger partial charge in [-0.1, -0.05) is 13.8 Å². The maximum atomic E-state index is 13.0. The van der Waals surface area contributed by atoms with E-state index in [4.69, 9.17) is 4.42 Å². The van der Waals surface area contributed by atoms with Crippen LogP contribution in [0.4, 0.5) is 4.39 Å². The van der Waals surface area contributed by atoms with Gasteiger partial charge in [-0.25, -0.2) is 4.39 Å². The van der Waals surface area contributed by atoms with Crippen molar-refractivity contribution in [1.82, 2.24) is 5.32 Å². The van der Waals surface area contributed by atoms with Crippen LogP contribution in [0.15, 0.2) is 39.2 Å². The van der Waals surface area contributed by atoms with Crippen LogP contribution < -0.4 is 5.32 Å². The molecule has 0 aliphatic carbocycles. The molecule has 0 spiro atoms. The first-order chi connectivity index (χ1) is 8.56. The second kappa shape index (κ2) is 5.67. The molecule has 0 atom stereocenters. The van der Waals surface area contributed by atoms with Crippen molar-refractivity contribution in [3.05, 3.63) is 46.4 Å². The van der Waals surface area contributed by atoms with Crippen LogP contribution in [-0.4, -0.2) is 6.04 Å². The lowest BCUT2D eigenvalue weighted by Gasteiger charge is -2.05. The molecule has 0 fully saturated rings. The minimum Gasteiger partial charge on any atom is -0.460 e. The predicted molar refractivity (Wildman–Crippen MR) is 73.8 cm³/mol. The Morgan fingerprint density at radius 2 is 2.06 bits per heavy atom. The van der Waals surface area contributed by atoms with E-state index in [0.717, 1.165) is 17.1 Å². The Labute approximate surface area is 114 Å². The van der Waals surface area contributed by atoms with Crippen LogP contribution in [0.3, 0.4) is 0 Å². The standard InChI is InChI=1S/C14H15BrFNO/c1-9(2)17-8-11-4-6-14(18-11)12-5-3-10(16)7-13(12)15/h3-7,9,17H,8H2,1-2H3. The first kappa shape index (κ1) is 13.3. The summed E-state index contributed by atoms with van der Waals surface area (Å²) in [5, 5.41) is 3.28. The van der Waals surface area contributed by atoms with Gasteiger partial charge in [0.15, 0.2) is 0 Å². The van der Waals surface area contributed by atoms with Gasteiger partial charge in [0.1, 0.15) is 17.3 Å². The molecule has 0 radical (unpaired) electrons. The molecule has 2 nitrogen and oxygen atoms in total. The molecule has 0 saturated carbocycles. The summed E-state index contributed by atoms with van der Waals surface area (Å²) in [6, 6.07) is 8.81. The largest absolute Gasteiger partial charge is 0.460 e. The number of nitrogens with one attached hydrogen (secondary N) is 1. The van der Waals surface area contributed by atoms with Crippen LogP contribution >= 0.6 is 15.9 Å². The van der Waals surface area contributed by atoms with Crippen molar-refractivity contribution in [3.8, 4) is 11.3 Å². The first-order valence-electron chi connectivity index (χ1n) is 5.84. The summed E-state index contributed by atoms with van der Waals surface area (Å²) in [5.41, 5.74) is 0.854. The SMILES string of the molecule is CC(C)NCc1ccc(-c2ccc(F)cc2Br)o1. The lowest BCUT2D eigenvalue weighted by atomic mass is 10.2. The average Bonchev–Trinajstić information content (AvgIpc) is 2.75. The molecule has 1 aromatic carbocycles. The van der Waals surface area contributed by atoms with Gasteiger partial charge in [-0.05, 0) is 46.3 Å². The molecule has 4 heteroatoms. The van der Waals surface area contributed by atoms with E-state index < -0.39 is 0 Å². The van der Waals surface area contributed by atoms with E-state index >= 15 is 0 Å². The zero-order valence-electron chi connectivity index (χ0n) is 10.3. The molecule has 1 N–H and O–H groups in total. The minimum absolute atomic E-state index is 0.265. The van der Waals surface area contributed by atoms with Crippen molar-refractivity contribution in [2.45, 2.75) is 26.4 Å². The Balaban J connectivity index is 2.18. The number of hydrogen-bond acceptors (Lipinski definition) is 2. The molecule has 2 aromatic rings. The Morgan fingerprint density at radius 1 is 1.28 bits per heavy atom. The fourth-order valence-electron chi connectivity index (χ4n) is 1.61. The summed E-state index contributed by atoms with van der Waals surface area (Å²) in [4.78, 5) is 0. The van der Waals surface area contributed by atoms with Crippen molar-refractivity contribution in [2.24, 2.45) is 0 Å². The lowest BCUT2D eigenvalue weighted by Crippen LogP contribution is -2.21. The lowest BCUT2D eigenvalue weighted by molar-refractivity contribution is 0.473. The average molecular weight is 312 g/mol. The smallest absolute Gasteiger partial charge is 0.135 e. The van der Waals surface area contributed by atoms with Crippen LogP contribution in [-0.2, 0) is 6.54 Å². The zero-order valence-corrected chi connectivity index (χ0v) is 11.9. The highest BCUT2D eigenvalue weighted by Gasteiger charge is 2.09. The van der Waals surface area contributed by atoms with E-state index in [-0.39, 0.29) is 5.82 Å². The first-order valence-corrected chi connectivity index (χ1v) is 6.63. The maximum Gasteiger partial charge on any atom is 0.135 e. The van der Waals surface area contributed by atoms with Gasteiger partial charge in [0.25, 0.3) is 0 Å². The molecule has 0 bridgehead atoms. The maximum absolute atomic E-state index is 13.0. The quantitative estimate of drug-likeness (QED) is 0.908. The molecule has 1 heterocycles. The number of furan rings is 1. The molecule has 96 valence electrons. The van der Waals surface area contributed by atoms with E-state index in [2.05, 4.69) is 35.1 Å². The van der Waals surface area contributed by atoms with Crippen LogP contribution in [0.2, 0.25) is 0 Å². The summed E-state index contributed by atoms with van der Waals surface area (Å²) in [6.07, 6.45) is 0. The van der Waals surface area contributed by atoms with E-state index in [0.29, 0.717) is 17.1 Å². The van der Waals surface area contributed by atoms with E-state index in [1.165, 1.54) is 12.1 Å². The topological polar surface area (TPSA) is 25.2 Å². The molecule has 0 amide bonds. The predicted octanol–water partition coefficient (Wildman–Crippen LogP) is 4.35. The van der Waals surface area contributed by atoms with E-state index in [1.807, 2.05) is 12.1 Å². The van der Waals surface area contributed by atoms with Gasteiger partial charge >= 0.3 is 0 Å². The van der Waals surface area contributed by atoms with Gasteiger partial charge in [-0.2, -0.15) is 0 Å². The molecule has 0 saturated heterocycles. The molecule has 1 aromatic heterocycles. The molecule has 18 heavy (non-hydrogen) atoms. The number of hydrogen-bond donors (Lipinski definition) is 1. The highest BCUT2D eigenvalue weighted by Crippen LogP contribution is 2.30.